The van der Waals surface area contributed by atoms with Crippen molar-refractivity contribution < 1.29 is 0 Å². The molecule has 0 unspecified atom stereocenters. The summed E-state index contributed by atoms with van der Waals surface area (Å²) in [5, 5.41) is 6.00. The molecule has 0 spiro atoms. The van der Waals surface area contributed by atoms with Crippen molar-refractivity contribution in [1.82, 2.24) is 9.61 Å². The first-order valence-electron chi connectivity index (χ1n) is 6.85. The van der Waals surface area contributed by atoms with Gasteiger partial charge in [0, 0.05) is 0 Å². The number of pyridine rings is 1. The zero-order valence-corrected chi connectivity index (χ0v) is 12.0. The SMILES string of the molecule is CSc1c2c(cc3cc(C)nn13)CCCCCC2. The van der Waals surface area contributed by atoms with E-state index in [0.717, 1.165) is 5.69 Å². The van der Waals surface area contributed by atoms with E-state index in [9.17, 15) is 0 Å². The first-order valence-corrected chi connectivity index (χ1v) is 8.07. The Morgan fingerprint density at radius 3 is 2.67 bits per heavy atom. The maximum absolute atomic E-state index is 4.64. The van der Waals surface area contributed by atoms with Crippen molar-refractivity contribution in [3.8, 4) is 0 Å². The molecular weight excluding hydrogens is 240 g/mol. The van der Waals surface area contributed by atoms with E-state index in [4.69, 9.17) is 0 Å². The minimum absolute atomic E-state index is 1.11. The average Bonchev–Trinajstić information content (AvgIpc) is 2.68. The molecular formula is C15H20N2S. The average molecular weight is 260 g/mol. The molecule has 0 saturated carbocycles. The van der Waals surface area contributed by atoms with Gasteiger partial charge in [-0.25, -0.2) is 4.52 Å². The van der Waals surface area contributed by atoms with Crippen molar-refractivity contribution in [2.75, 3.05) is 6.26 Å². The second-order valence-corrected chi connectivity index (χ2v) is 5.99. The molecule has 0 bridgehead atoms. The van der Waals surface area contributed by atoms with Crippen molar-refractivity contribution in [3.63, 3.8) is 0 Å². The van der Waals surface area contributed by atoms with Gasteiger partial charge in [0.05, 0.1) is 11.2 Å². The lowest BCUT2D eigenvalue weighted by Gasteiger charge is -2.17. The predicted molar refractivity (Wildman–Crippen MR) is 77.6 cm³/mol. The number of rotatable bonds is 1. The van der Waals surface area contributed by atoms with E-state index < -0.39 is 0 Å². The summed E-state index contributed by atoms with van der Waals surface area (Å²) in [5.41, 5.74) is 5.49. The number of hydrogen-bond acceptors (Lipinski definition) is 2. The summed E-state index contributed by atoms with van der Waals surface area (Å²) in [5.74, 6) is 0. The highest BCUT2D eigenvalue weighted by Gasteiger charge is 2.15. The van der Waals surface area contributed by atoms with Gasteiger partial charge in [0.25, 0.3) is 0 Å². The lowest BCUT2D eigenvalue weighted by molar-refractivity contribution is 0.605. The number of aromatic nitrogens is 2. The summed E-state index contributed by atoms with van der Waals surface area (Å²) in [6.07, 6.45) is 10.1. The van der Waals surface area contributed by atoms with Crippen molar-refractivity contribution in [2.45, 2.75) is 50.5 Å². The first kappa shape index (κ1) is 12.1. The summed E-state index contributed by atoms with van der Waals surface area (Å²) in [6.45, 7) is 2.08. The highest BCUT2D eigenvalue weighted by molar-refractivity contribution is 7.98. The molecule has 1 aliphatic carbocycles. The zero-order valence-electron chi connectivity index (χ0n) is 11.2. The molecule has 0 fully saturated rings. The van der Waals surface area contributed by atoms with Gasteiger partial charge < -0.3 is 0 Å². The van der Waals surface area contributed by atoms with E-state index >= 15 is 0 Å². The predicted octanol–water partition coefficient (Wildman–Crippen LogP) is 4.02. The molecule has 3 rings (SSSR count). The highest BCUT2D eigenvalue weighted by atomic mass is 32.2. The molecule has 2 aromatic rings. The van der Waals surface area contributed by atoms with Gasteiger partial charge in [-0.3, -0.25) is 0 Å². The Hall–Kier alpha value is -0.960. The topological polar surface area (TPSA) is 17.3 Å². The lowest BCUT2D eigenvalue weighted by Crippen LogP contribution is -2.06. The Labute approximate surface area is 113 Å². The molecule has 0 N–H and O–H groups in total. The summed E-state index contributed by atoms with van der Waals surface area (Å²) >= 11 is 1.84. The molecule has 0 atom stereocenters. The van der Waals surface area contributed by atoms with Gasteiger partial charge in [0.2, 0.25) is 0 Å². The Morgan fingerprint density at radius 2 is 1.89 bits per heavy atom. The Kier molecular flexibility index (Phi) is 3.33. The minimum Gasteiger partial charge on any atom is -0.227 e. The molecule has 2 aromatic heterocycles. The second-order valence-electron chi connectivity index (χ2n) is 5.19. The monoisotopic (exact) mass is 260 g/mol. The standard InChI is InChI=1S/C15H20N2S/c1-11-9-13-10-12-7-5-3-4-6-8-14(12)15(18-2)17(13)16-11/h9-10H,3-8H2,1-2H3. The van der Waals surface area contributed by atoms with Gasteiger partial charge in [0.15, 0.2) is 0 Å². The number of thioether (sulfide) groups is 1. The third kappa shape index (κ3) is 2.05. The minimum atomic E-state index is 1.11. The van der Waals surface area contributed by atoms with E-state index in [1.165, 1.54) is 49.1 Å². The highest BCUT2D eigenvalue weighted by Crippen LogP contribution is 2.30. The van der Waals surface area contributed by atoms with Crippen LogP contribution in [0.25, 0.3) is 5.52 Å². The van der Waals surface area contributed by atoms with E-state index in [1.807, 2.05) is 11.8 Å². The zero-order chi connectivity index (χ0) is 12.5. The fourth-order valence-corrected chi connectivity index (χ4v) is 3.79. The van der Waals surface area contributed by atoms with E-state index in [1.54, 1.807) is 11.1 Å². The van der Waals surface area contributed by atoms with Crippen molar-refractivity contribution in [1.29, 1.82) is 0 Å². The van der Waals surface area contributed by atoms with Crippen LogP contribution < -0.4 is 0 Å². The van der Waals surface area contributed by atoms with Crippen LogP contribution in [0.5, 0.6) is 0 Å². The van der Waals surface area contributed by atoms with Crippen LogP contribution in [0.3, 0.4) is 0 Å². The van der Waals surface area contributed by atoms with Gasteiger partial charge in [-0.15, -0.1) is 11.8 Å². The van der Waals surface area contributed by atoms with Crippen molar-refractivity contribution >= 4 is 17.3 Å². The molecule has 0 radical (unpaired) electrons. The van der Waals surface area contributed by atoms with Crippen LogP contribution in [0.15, 0.2) is 17.2 Å². The maximum atomic E-state index is 4.64. The Morgan fingerprint density at radius 1 is 1.11 bits per heavy atom. The van der Waals surface area contributed by atoms with Gasteiger partial charge >= 0.3 is 0 Å². The normalized spacial score (nSPS) is 16.3. The number of aryl methyl sites for hydroxylation is 2. The van der Waals surface area contributed by atoms with Crippen molar-refractivity contribution in [2.24, 2.45) is 0 Å². The Balaban J connectivity index is 2.23. The molecule has 18 heavy (non-hydrogen) atoms. The molecule has 0 aliphatic heterocycles. The van der Waals surface area contributed by atoms with Crippen LogP contribution >= 0.6 is 11.8 Å². The van der Waals surface area contributed by atoms with Crippen LogP contribution in [0.2, 0.25) is 0 Å². The summed E-state index contributed by atoms with van der Waals surface area (Å²) in [7, 11) is 0. The number of nitrogens with zero attached hydrogens (tertiary/aromatic N) is 2. The summed E-state index contributed by atoms with van der Waals surface area (Å²) in [6, 6.07) is 4.55. The third-order valence-electron chi connectivity index (χ3n) is 3.84. The van der Waals surface area contributed by atoms with Crippen LogP contribution in [0.1, 0.15) is 42.5 Å². The summed E-state index contributed by atoms with van der Waals surface area (Å²) < 4.78 is 2.14. The lowest BCUT2D eigenvalue weighted by atomic mass is 9.94. The molecule has 1 aliphatic rings. The third-order valence-corrected chi connectivity index (χ3v) is 4.64. The largest absolute Gasteiger partial charge is 0.227 e. The van der Waals surface area contributed by atoms with Crippen LogP contribution in [-0.2, 0) is 12.8 Å². The summed E-state index contributed by atoms with van der Waals surface area (Å²) in [4.78, 5) is 0. The van der Waals surface area contributed by atoms with Crippen molar-refractivity contribution in [3.05, 3.63) is 29.0 Å². The van der Waals surface area contributed by atoms with Gasteiger partial charge in [0.1, 0.15) is 5.03 Å². The Bertz CT molecular complexity index is 571. The molecule has 0 aromatic carbocycles. The quantitative estimate of drug-likeness (QED) is 0.720. The van der Waals surface area contributed by atoms with E-state index in [2.05, 4.69) is 34.9 Å². The smallest absolute Gasteiger partial charge is 0.101 e. The second kappa shape index (κ2) is 4.96. The number of hydrogen-bond donors (Lipinski definition) is 0. The fraction of sp³-hybridized carbons (Fsp3) is 0.533. The molecule has 3 heteroatoms. The van der Waals surface area contributed by atoms with Crippen LogP contribution in [0.4, 0.5) is 0 Å². The molecule has 2 nitrogen and oxygen atoms in total. The van der Waals surface area contributed by atoms with E-state index in [-0.39, 0.29) is 0 Å². The number of fused-ring (bicyclic) bond motifs is 2. The van der Waals surface area contributed by atoms with Gasteiger partial charge in [-0.1, -0.05) is 12.8 Å². The van der Waals surface area contributed by atoms with Crippen LogP contribution in [0, 0.1) is 6.92 Å². The maximum Gasteiger partial charge on any atom is 0.101 e. The van der Waals surface area contributed by atoms with Gasteiger partial charge in [-0.05, 0) is 62.1 Å². The molecule has 0 saturated heterocycles. The van der Waals surface area contributed by atoms with Gasteiger partial charge in [-0.2, -0.15) is 5.10 Å². The molecule has 0 amide bonds. The van der Waals surface area contributed by atoms with E-state index in [0.29, 0.717) is 0 Å². The van der Waals surface area contributed by atoms with Crippen LogP contribution in [-0.4, -0.2) is 15.9 Å². The molecule has 2 heterocycles. The fourth-order valence-electron chi connectivity index (χ4n) is 2.99. The molecule has 96 valence electrons. The first-order chi connectivity index (χ1) is 8.79.